The Morgan fingerprint density at radius 1 is 1.35 bits per heavy atom. The number of hydrogen-bond donors (Lipinski definition) is 1. The zero-order chi connectivity index (χ0) is 18.3. The van der Waals surface area contributed by atoms with Gasteiger partial charge in [-0.1, -0.05) is 0 Å². The summed E-state index contributed by atoms with van der Waals surface area (Å²) in [6.07, 6.45) is 2.09. The second-order valence-corrected chi connectivity index (χ2v) is 6.51. The first-order valence-corrected chi connectivity index (χ1v) is 8.57. The van der Waals surface area contributed by atoms with Gasteiger partial charge in [-0.05, 0) is 37.3 Å². The molecular formula is C19H20N4O3. The number of rotatable bonds is 3. The van der Waals surface area contributed by atoms with Gasteiger partial charge in [0.2, 0.25) is 0 Å². The normalized spacial score (nSPS) is 17.2. The minimum absolute atomic E-state index is 0.200. The number of ether oxygens (including phenoxy) is 1. The third kappa shape index (κ3) is 2.80. The Bertz CT molecular complexity index is 1040. The number of carbonyl (C=O) groups excluding carboxylic acids is 1. The fourth-order valence-corrected chi connectivity index (χ4v) is 3.54. The smallest absolute Gasteiger partial charge is 0.337 e. The van der Waals surface area contributed by atoms with Crippen LogP contribution in [-0.2, 0) is 17.8 Å². The molecule has 3 aromatic rings. The summed E-state index contributed by atoms with van der Waals surface area (Å²) in [5.41, 5.74) is 1.94. The first-order chi connectivity index (χ1) is 12.6. The molecule has 0 spiro atoms. The van der Waals surface area contributed by atoms with Gasteiger partial charge in [0.05, 0.1) is 30.1 Å². The van der Waals surface area contributed by atoms with E-state index in [4.69, 9.17) is 4.74 Å². The lowest BCUT2D eigenvalue weighted by Crippen LogP contribution is -2.36. The van der Waals surface area contributed by atoms with E-state index in [1.807, 2.05) is 0 Å². The number of H-pyrrole nitrogens is 1. The van der Waals surface area contributed by atoms with E-state index in [9.17, 15) is 9.59 Å². The number of aromatic nitrogens is 3. The molecule has 0 fully saturated rings. The second kappa shape index (κ2) is 6.42. The first kappa shape index (κ1) is 16.5. The van der Waals surface area contributed by atoms with E-state index in [0.717, 1.165) is 13.1 Å². The Kier molecular flexibility index (Phi) is 4.08. The Labute approximate surface area is 150 Å². The molecule has 3 heterocycles. The van der Waals surface area contributed by atoms with Crippen molar-refractivity contribution in [1.29, 1.82) is 0 Å². The van der Waals surface area contributed by atoms with Crippen LogP contribution < -0.4 is 5.56 Å². The highest BCUT2D eigenvalue weighted by atomic mass is 16.5. The molecule has 1 atom stereocenters. The molecule has 0 bridgehead atoms. The van der Waals surface area contributed by atoms with Gasteiger partial charge >= 0.3 is 5.97 Å². The molecule has 7 heteroatoms. The summed E-state index contributed by atoms with van der Waals surface area (Å²) in [6.45, 7) is 4.49. The SMILES string of the molecule is COC(=O)c1ccc2c(=O)[nH]c(CN3CCn4cccc4C3C)nc2c1. The standard InChI is InChI=1S/C19H20N4O3/c1-12-16-4-3-7-22(16)8-9-23(12)11-17-20-15-10-13(19(25)26-2)5-6-14(15)18(24)21-17/h3-7,10,12H,8-9,11H2,1-2H3,(H,20,21,24). The van der Waals surface area contributed by atoms with E-state index in [-0.39, 0.29) is 11.6 Å². The van der Waals surface area contributed by atoms with Crippen molar-refractivity contribution < 1.29 is 9.53 Å². The highest BCUT2D eigenvalue weighted by Crippen LogP contribution is 2.26. The number of hydrogen-bond acceptors (Lipinski definition) is 5. The number of methoxy groups -OCH3 is 1. The lowest BCUT2D eigenvalue weighted by Gasteiger charge is -2.34. The molecule has 0 aliphatic carbocycles. The average molecular weight is 352 g/mol. The zero-order valence-electron chi connectivity index (χ0n) is 14.7. The van der Waals surface area contributed by atoms with Crippen LogP contribution in [0.2, 0.25) is 0 Å². The molecule has 7 nitrogen and oxygen atoms in total. The largest absolute Gasteiger partial charge is 0.465 e. The van der Waals surface area contributed by atoms with Crippen LogP contribution in [0, 0.1) is 0 Å². The number of nitrogens with one attached hydrogen (secondary N) is 1. The van der Waals surface area contributed by atoms with E-state index in [2.05, 4.69) is 44.7 Å². The molecule has 1 unspecified atom stereocenters. The molecule has 1 aromatic carbocycles. The van der Waals surface area contributed by atoms with Gasteiger partial charge in [0.15, 0.2) is 0 Å². The van der Waals surface area contributed by atoms with Crippen molar-refractivity contribution >= 4 is 16.9 Å². The molecule has 134 valence electrons. The number of carbonyl (C=O) groups is 1. The van der Waals surface area contributed by atoms with Gasteiger partial charge in [-0.3, -0.25) is 9.69 Å². The number of nitrogens with zero attached hydrogens (tertiary/aromatic N) is 3. The number of benzene rings is 1. The first-order valence-electron chi connectivity index (χ1n) is 8.57. The van der Waals surface area contributed by atoms with Crippen LogP contribution in [-0.4, -0.2) is 39.1 Å². The van der Waals surface area contributed by atoms with Crippen molar-refractivity contribution in [3.8, 4) is 0 Å². The number of esters is 1. The minimum atomic E-state index is -0.444. The Morgan fingerprint density at radius 3 is 3.00 bits per heavy atom. The molecule has 0 saturated carbocycles. The quantitative estimate of drug-likeness (QED) is 0.730. The maximum Gasteiger partial charge on any atom is 0.337 e. The molecule has 4 rings (SSSR count). The molecule has 0 saturated heterocycles. The predicted octanol–water partition coefficient (Wildman–Crippen LogP) is 2.09. The van der Waals surface area contributed by atoms with Crippen molar-refractivity contribution in [1.82, 2.24) is 19.4 Å². The van der Waals surface area contributed by atoms with Crippen molar-refractivity contribution in [2.75, 3.05) is 13.7 Å². The highest BCUT2D eigenvalue weighted by Gasteiger charge is 2.24. The van der Waals surface area contributed by atoms with Crippen LogP contribution in [0.3, 0.4) is 0 Å². The fourth-order valence-electron chi connectivity index (χ4n) is 3.54. The van der Waals surface area contributed by atoms with Crippen LogP contribution in [0.4, 0.5) is 0 Å². The lowest BCUT2D eigenvalue weighted by atomic mass is 10.1. The topological polar surface area (TPSA) is 80.2 Å². The molecule has 0 amide bonds. The highest BCUT2D eigenvalue weighted by molar-refractivity contribution is 5.93. The molecule has 1 aliphatic rings. The molecular weight excluding hydrogens is 332 g/mol. The van der Waals surface area contributed by atoms with Crippen LogP contribution in [0.25, 0.3) is 10.9 Å². The summed E-state index contributed by atoms with van der Waals surface area (Å²) in [5, 5.41) is 0.460. The van der Waals surface area contributed by atoms with E-state index in [1.54, 1.807) is 18.2 Å². The van der Waals surface area contributed by atoms with Gasteiger partial charge in [-0.25, -0.2) is 9.78 Å². The van der Waals surface area contributed by atoms with Crippen LogP contribution >= 0.6 is 0 Å². The number of fused-ring (bicyclic) bond motifs is 2. The lowest BCUT2D eigenvalue weighted by molar-refractivity contribution is 0.0601. The monoisotopic (exact) mass is 352 g/mol. The van der Waals surface area contributed by atoms with Crippen molar-refractivity contribution in [2.24, 2.45) is 0 Å². The van der Waals surface area contributed by atoms with Gasteiger partial charge in [0.25, 0.3) is 5.56 Å². The molecule has 1 aliphatic heterocycles. The maximum absolute atomic E-state index is 12.4. The van der Waals surface area contributed by atoms with Gasteiger partial charge in [0, 0.05) is 31.0 Å². The van der Waals surface area contributed by atoms with Gasteiger partial charge in [-0.15, -0.1) is 0 Å². The van der Waals surface area contributed by atoms with Crippen molar-refractivity contribution in [3.05, 3.63) is 64.0 Å². The Morgan fingerprint density at radius 2 is 2.19 bits per heavy atom. The summed E-state index contributed by atoms with van der Waals surface area (Å²) in [5.74, 6) is 0.150. The van der Waals surface area contributed by atoms with Crippen molar-refractivity contribution in [2.45, 2.75) is 26.1 Å². The van der Waals surface area contributed by atoms with Crippen LogP contribution in [0.5, 0.6) is 0 Å². The molecule has 0 radical (unpaired) electrons. The summed E-state index contributed by atoms with van der Waals surface area (Å²) in [7, 11) is 1.33. The summed E-state index contributed by atoms with van der Waals surface area (Å²) >= 11 is 0. The summed E-state index contributed by atoms with van der Waals surface area (Å²) < 4.78 is 6.99. The van der Waals surface area contributed by atoms with Crippen molar-refractivity contribution in [3.63, 3.8) is 0 Å². The van der Waals surface area contributed by atoms with E-state index >= 15 is 0 Å². The van der Waals surface area contributed by atoms with Gasteiger partial charge < -0.3 is 14.3 Å². The predicted molar refractivity (Wildman–Crippen MR) is 97.0 cm³/mol. The Balaban J connectivity index is 1.66. The Hall–Kier alpha value is -2.93. The van der Waals surface area contributed by atoms with Gasteiger partial charge in [0.1, 0.15) is 5.82 Å². The summed E-state index contributed by atoms with van der Waals surface area (Å²) in [4.78, 5) is 33.9. The third-order valence-electron chi connectivity index (χ3n) is 5.00. The van der Waals surface area contributed by atoms with Crippen LogP contribution in [0.1, 0.15) is 34.8 Å². The van der Waals surface area contributed by atoms with E-state index in [1.165, 1.54) is 12.8 Å². The minimum Gasteiger partial charge on any atom is -0.465 e. The maximum atomic E-state index is 12.4. The molecule has 1 N–H and O–H groups in total. The molecule has 2 aromatic heterocycles. The van der Waals surface area contributed by atoms with Gasteiger partial charge in [-0.2, -0.15) is 0 Å². The van der Waals surface area contributed by atoms with Crippen LogP contribution in [0.15, 0.2) is 41.3 Å². The second-order valence-electron chi connectivity index (χ2n) is 6.51. The summed E-state index contributed by atoms with van der Waals surface area (Å²) in [6, 6.07) is 9.20. The molecule has 26 heavy (non-hydrogen) atoms. The fraction of sp³-hybridized carbons (Fsp3) is 0.316. The zero-order valence-corrected chi connectivity index (χ0v) is 14.7. The number of aromatic amines is 1. The average Bonchev–Trinajstić information content (AvgIpc) is 3.12. The van der Waals surface area contributed by atoms with E-state index in [0.29, 0.717) is 28.8 Å². The van der Waals surface area contributed by atoms with E-state index < -0.39 is 5.97 Å². The third-order valence-corrected chi connectivity index (χ3v) is 5.00.